The Morgan fingerprint density at radius 3 is 2.38 bits per heavy atom. The van der Waals surface area contributed by atoms with Crippen molar-refractivity contribution >= 4 is 0 Å². The van der Waals surface area contributed by atoms with Crippen LogP contribution in [0.4, 0.5) is 0 Å². The second kappa shape index (κ2) is 6.50. The lowest BCUT2D eigenvalue weighted by Crippen LogP contribution is -2.53. The van der Waals surface area contributed by atoms with E-state index < -0.39 is 0 Å². The summed E-state index contributed by atoms with van der Waals surface area (Å²) in [5.41, 5.74) is 1.91. The maximum atomic E-state index is 3.52. The van der Waals surface area contributed by atoms with Gasteiger partial charge in [0.1, 0.15) is 0 Å². The Morgan fingerprint density at radius 1 is 1.05 bits per heavy atom. The van der Waals surface area contributed by atoms with E-state index in [4.69, 9.17) is 0 Å². The molecule has 21 heavy (non-hydrogen) atoms. The second-order valence-corrected chi connectivity index (χ2v) is 7.22. The van der Waals surface area contributed by atoms with Gasteiger partial charge in [0.2, 0.25) is 0 Å². The number of nitrogens with zero attached hydrogens (tertiary/aromatic N) is 1. The molecule has 0 radical (unpaired) electrons. The Bertz CT molecular complexity index is 434. The Kier molecular flexibility index (Phi) is 4.66. The van der Waals surface area contributed by atoms with Crippen molar-refractivity contribution in [2.45, 2.75) is 62.9 Å². The molecule has 1 saturated carbocycles. The molecule has 1 N–H and O–H groups in total. The third kappa shape index (κ3) is 3.32. The highest BCUT2D eigenvalue weighted by atomic mass is 15.2. The van der Waals surface area contributed by atoms with Crippen LogP contribution in [-0.4, -0.2) is 36.6 Å². The summed E-state index contributed by atoms with van der Waals surface area (Å²) in [6.45, 7) is 4.89. The van der Waals surface area contributed by atoms with Gasteiger partial charge in [-0.3, -0.25) is 4.90 Å². The molecule has 1 aliphatic carbocycles. The van der Waals surface area contributed by atoms with Crippen LogP contribution in [0, 0.1) is 0 Å². The fraction of sp³-hybridized carbons (Fsp3) is 0.684. The van der Waals surface area contributed by atoms with Crippen LogP contribution < -0.4 is 5.32 Å². The molecule has 1 aromatic rings. The van der Waals surface area contributed by atoms with E-state index in [1.54, 1.807) is 5.56 Å². The molecule has 0 aromatic heterocycles. The van der Waals surface area contributed by atoms with E-state index in [0.29, 0.717) is 5.54 Å². The lowest BCUT2D eigenvalue weighted by Gasteiger charge is -2.46. The van der Waals surface area contributed by atoms with E-state index in [9.17, 15) is 0 Å². The maximum Gasteiger partial charge on any atom is 0.0174 e. The molecule has 3 rings (SSSR count). The molecule has 2 atom stereocenters. The number of benzene rings is 1. The minimum Gasteiger partial charge on any atom is -0.314 e. The van der Waals surface area contributed by atoms with Gasteiger partial charge in [-0.2, -0.15) is 0 Å². The number of hydrogen-bond donors (Lipinski definition) is 1. The normalized spacial score (nSPS) is 30.2. The fourth-order valence-electron chi connectivity index (χ4n) is 4.24. The molecule has 0 spiro atoms. The molecular weight excluding hydrogens is 256 g/mol. The summed E-state index contributed by atoms with van der Waals surface area (Å²) in [7, 11) is 2.11. The highest BCUT2D eigenvalue weighted by Crippen LogP contribution is 2.38. The molecule has 1 heterocycles. The number of likely N-dealkylation sites (tertiary alicyclic amines) is 1. The van der Waals surface area contributed by atoms with Crippen molar-refractivity contribution in [3.63, 3.8) is 0 Å². The Labute approximate surface area is 129 Å². The Hall–Kier alpha value is -0.860. The molecule has 2 nitrogen and oxygen atoms in total. The van der Waals surface area contributed by atoms with Crippen LogP contribution in [-0.2, 0) is 0 Å². The van der Waals surface area contributed by atoms with Crippen molar-refractivity contribution in [3.05, 3.63) is 35.9 Å². The molecular formula is C19H30N2. The van der Waals surface area contributed by atoms with Crippen LogP contribution in [0.25, 0.3) is 0 Å². The van der Waals surface area contributed by atoms with E-state index in [2.05, 4.69) is 54.5 Å². The van der Waals surface area contributed by atoms with Crippen molar-refractivity contribution in [1.82, 2.24) is 10.2 Å². The van der Waals surface area contributed by atoms with Gasteiger partial charge in [-0.15, -0.1) is 0 Å². The third-order valence-corrected chi connectivity index (χ3v) is 5.93. The first-order valence-electron chi connectivity index (χ1n) is 8.70. The summed E-state index contributed by atoms with van der Waals surface area (Å²) in [4.78, 5) is 2.79. The van der Waals surface area contributed by atoms with Crippen LogP contribution in [0.5, 0.6) is 0 Å². The van der Waals surface area contributed by atoms with Crippen molar-refractivity contribution in [2.24, 2.45) is 0 Å². The fourth-order valence-corrected chi connectivity index (χ4v) is 4.24. The average molecular weight is 286 g/mol. The topological polar surface area (TPSA) is 15.3 Å². The van der Waals surface area contributed by atoms with Crippen molar-refractivity contribution in [2.75, 3.05) is 20.1 Å². The van der Waals surface area contributed by atoms with E-state index in [1.165, 1.54) is 51.6 Å². The van der Waals surface area contributed by atoms with Crippen molar-refractivity contribution < 1.29 is 0 Å². The standard InChI is InChI=1S/C19H30N2/c1-19(20-2)12-14-21(15-13-19)18-11-7-6-10-17(18)16-8-4-3-5-9-16/h3-5,8-9,17-18,20H,6-7,10-15H2,1-2H3. The molecule has 1 saturated heterocycles. The molecule has 1 aliphatic heterocycles. The summed E-state index contributed by atoms with van der Waals surface area (Å²) in [6.07, 6.45) is 8.12. The number of rotatable bonds is 3. The Morgan fingerprint density at radius 2 is 1.71 bits per heavy atom. The Balaban J connectivity index is 1.71. The predicted molar refractivity (Wildman–Crippen MR) is 89.7 cm³/mol. The molecule has 0 amide bonds. The molecule has 2 aliphatic rings. The highest BCUT2D eigenvalue weighted by Gasteiger charge is 2.36. The highest BCUT2D eigenvalue weighted by molar-refractivity contribution is 5.22. The van der Waals surface area contributed by atoms with Crippen molar-refractivity contribution in [3.8, 4) is 0 Å². The lowest BCUT2D eigenvalue weighted by molar-refractivity contribution is 0.0776. The van der Waals surface area contributed by atoms with E-state index >= 15 is 0 Å². The monoisotopic (exact) mass is 286 g/mol. The van der Waals surface area contributed by atoms with Gasteiger partial charge >= 0.3 is 0 Å². The van der Waals surface area contributed by atoms with Crippen LogP contribution in [0.3, 0.4) is 0 Å². The van der Waals surface area contributed by atoms with E-state index in [0.717, 1.165) is 12.0 Å². The minimum absolute atomic E-state index is 0.355. The summed E-state index contributed by atoms with van der Waals surface area (Å²) >= 11 is 0. The largest absolute Gasteiger partial charge is 0.314 e. The molecule has 0 bridgehead atoms. The molecule has 116 valence electrons. The summed E-state index contributed by atoms with van der Waals surface area (Å²) < 4.78 is 0. The van der Waals surface area contributed by atoms with Crippen LogP contribution in [0.15, 0.2) is 30.3 Å². The minimum atomic E-state index is 0.355. The molecule has 2 unspecified atom stereocenters. The van der Waals surface area contributed by atoms with Gasteiger partial charge in [0.15, 0.2) is 0 Å². The van der Waals surface area contributed by atoms with Gasteiger partial charge in [0.25, 0.3) is 0 Å². The summed E-state index contributed by atoms with van der Waals surface area (Å²) in [5, 5.41) is 3.52. The van der Waals surface area contributed by atoms with Gasteiger partial charge in [-0.05, 0) is 51.1 Å². The van der Waals surface area contributed by atoms with Gasteiger partial charge < -0.3 is 5.32 Å². The summed E-state index contributed by atoms with van der Waals surface area (Å²) in [5.74, 6) is 0.749. The van der Waals surface area contributed by atoms with Gasteiger partial charge in [-0.25, -0.2) is 0 Å². The predicted octanol–water partition coefficient (Wildman–Crippen LogP) is 3.79. The van der Waals surface area contributed by atoms with Crippen LogP contribution >= 0.6 is 0 Å². The second-order valence-electron chi connectivity index (χ2n) is 7.22. The van der Waals surface area contributed by atoms with Crippen LogP contribution in [0.1, 0.15) is 56.9 Å². The first kappa shape index (κ1) is 15.1. The van der Waals surface area contributed by atoms with Crippen LogP contribution in [0.2, 0.25) is 0 Å². The quantitative estimate of drug-likeness (QED) is 0.909. The first-order valence-corrected chi connectivity index (χ1v) is 8.70. The third-order valence-electron chi connectivity index (χ3n) is 5.93. The zero-order valence-corrected chi connectivity index (χ0v) is 13.6. The number of hydrogen-bond acceptors (Lipinski definition) is 2. The zero-order valence-electron chi connectivity index (χ0n) is 13.6. The van der Waals surface area contributed by atoms with Crippen molar-refractivity contribution in [1.29, 1.82) is 0 Å². The van der Waals surface area contributed by atoms with Gasteiger partial charge in [-0.1, -0.05) is 43.2 Å². The average Bonchev–Trinajstić information content (AvgIpc) is 2.56. The number of piperidine rings is 1. The maximum absolute atomic E-state index is 3.52. The van der Waals surface area contributed by atoms with E-state index in [1.807, 2.05) is 0 Å². The smallest absolute Gasteiger partial charge is 0.0174 e. The molecule has 2 fully saturated rings. The summed E-state index contributed by atoms with van der Waals surface area (Å²) in [6, 6.07) is 12.0. The van der Waals surface area contributed by atoms with E-state index in [-0.39, 0.29) is 0 Å². The molecule has 2 heteroatoms. The van der Waals surface area contributed by atoms with Gasteiger partial charge in [0.05, 0.1) is 0 Å². The SMILES string of the molecule is CNC1(C)CCN(C2CCCCC2c2ccccc2)CC1. The lowest BCUT2D eigenvalue weighted by atomic mass is 9.77. The number of nitrogens with one attached hydrogen (secondary N) is 1. The first-order chi connectivity index (χ1) is 10.2. The zero-order chi connectivity index (χ0) is 14.7. The molecule has 1 aromatic carbocycles. The van der Waals surface area contributed by atoms with Gasteiger partial charge in [0, 0.05) is 24.7 Å².